The van der Waals surface area contributed by atoms with Crippen molar-refractivity contribution < 1.29 is 9.21 Å². The summed E-state index contributed by atoms with van der Waals surface area (Å²) in [6.07, 6.45) is 4.55. The number of furan rings is 1. The lowest BCUT2D eigenvalue weighted by Crippen LogP contribution is -2.55. The Kier molecular flexibility index (Phi) is 3.90. The zero-order valence-electron chi connectivity index (χ0n) is 16.2. The Morgan fingerprint density at radius 1 is 1.25 bits per heavy atom. The van der Waals surface area contributed by atoms with Gasteiger partial charge in [0.1, 0.15) is 11.5 Å². The van der Waals surface area contributed by atoms with Crippen LogP contribution in [0, 0.1) is 6.92 Å². The van der Waals surface area contributed by atoms with Gasteiger partial charge in [0.05, 0.1) is 17.6 Å². The van der Waals surface area contributed by atoms with Crippen LogP contribution in [0.15, 0.2) is 28.9 Å². The maximum absolute atomic E-state index is 13.0. The number of nitrogens with zero attached hydrogens (tertiary/aromatic N) is 4. The van der Waals surface area contributed by atoms with Gasteiger partial charge < -0.3 is 14.3 Å². The second-order valence-corrected chi connectivity index (χ2v) is 7.80. The van der Waals surface area contributed by atoms with Crippen LogP contribution in [-0.4, -0.2) is 62.6 Å². The average molecular weight is 380 g/mol. The molecule has 8 nitrogen and oxygen atoms in total. The van der Waals surface area contributed by atoms with E-state index in [-0.39, 0.29) is 11.4 Å². The Balaban J connectivity index is 1.33. The maximum Gasteiger partial charge on any atom is 0.274 e. The smallest absolute Gasteiger partial charge is 0.274 e. The number of likely N-dealkylation sites (tertiary alicyclic amines) is 1. The van der Waals surface area contributed by atoms with Crippen molar-refractivity contribution in [2.75, 3.05) is 26.7 Å². The van der Waals surface area contributed by atoms with Gasteiger partial charge in [-0.05, 0) is 38.9 Å². The molecule has 0 bridgehead atoms. The zero-order valence-corrected chi connectivity index (χ0v) is 16.2. The average Bonchev–Trinajstić information content (AvgIpc) is 3.45. The first-order valence-electron chi connectivity index (χ1n) is 9.72. The summed E-state index contributed by atoms with van der Waals surface area (Å²) in [6, 6.07) is 5.54. The molecule has 0 unspecified atom stereocenters. The number of piperidine rings is 1. The lowest BCUT2D eigenvalue weighted by Gasteiger charge is -2.49. The van der Waals surface area contributed by atoms with E-state index in [1.165, 1.54) is 5.69 Å². The van der Waals surface area contributed by atoms with Gasteiger partial charge in [-0.1, -0.05) is 0 Å². The van der Waals surface area contributed by atoms with Crippen LogP contribution in [0.5, 0.6) is 0 Å². The normalized spacial score (nSPS) is 19.1. The van der Waals surface area contributed by atoms with E-state index in [1.807, 2.05) is 24.0 Å². The molecular weight excluding hydrogens is 356 g/mol. The second-order valence-electron chi connectivity index (χ2n) is 7.80. The zero-order chi connectivity index (χ0) is 19.3. The van der Waals surface area contributed by atoms with Crippen molar-refractivity contribution in [3.63, 3.8) is 0 Å². The van der Waals surface area contributed by atoms with Crippen LogP contribution in [0.4, 0.5) is 0 Å². The number of aryl methyl sites for hydroxylation is 1. The van der Waals surface area contributed by atoms with Gasteiger partial charge in [0.2, 0.25) is 0 Å². The maximum atomic E-state index is 13.0. The van der Waals surface area contributed by atoms with Crippen molar-refractivity contribution in [3.8, 4) is 11.5 Å². The lowest BCUT2D eigenvalue weighted by molar-refractivity contribution is 0.0223. The Labute approximate surface area is 162 Å². The molecule has 0 aliphatic carbocycles. The molecule has 2 N–H and O–H groups in total. The van der Waals surface area contributed by atoms with Crippen LogP contribution in [0.2, 0.25) is 0 Å². The van der Waals surface area contributed by atoms with Gasteiger partial charge in [0.25, 0.3) is 5.91 Å². The Hall–Kier alpha value is -2.87. The lowest BCUT2D eigenvalue weighted by atomic mass is 9.79. The topological polar surface area (TPSA) is 94.0 Å². The predicted molar refractivity (Wildman–Crippen MR) is 103 cm³/mol. The first kappa shape index (κ1) is 17.2. The van der Waals surface area contributed by atoms with Crippen molar-refractivity contribution >= 4 is 5.91 Å². The van der Waals surface area contributed by atoms with Gasteiger partial charge in [-0.15, -0.1) is 0 Å². The molecule has 1 saturated heterocycles. The molecule has 1 spiro atoms. The van der Waals surface area contributed by atoms with E-state index in [1.54, 1.807) is 12.4 Å². The molecule has 1 fully saturated rings. The van der Waals surface area contributed by atoms with Crippen LogP contribution in [0.3, 0.4) is 0 Å². The number of hydrogen-bond acceptors (Lipinski definition) is 5. The molecule has 5 heterocycles. The third-order valence-electron chi connectivity index (χ3n) is 6.27. The van der Waals surface area contributed by atoms with E-state index >= 15 is 0 Å². The quantitative estimate of drug-likeness (QED) is 0.712. The van der Waals surface area contributed by atoms with Crippen molar-refractivity contribution in [3.05, 3.63) is 47.4 Å². The summed E-state index contributed by atoms with van der Waals surface area (Å²) in [6.45, 7) is 4.28. The molecule has 5 rings (SSSR count). The molecule has 2 aliphatic rings. The number of carbonyl (C=O) groups excluding carboxylic acids is 1. The first-order valence-corrected chi connectivity index (χ1v) is 9.72. The van der Waals surface area contributed by atoms with Gasteiger partial charge in [0.15, 0.2) is 11.5 Å². The molecule has 3 aromatic heterocycles. The van der Waals surface area contributed by atoms with Crippen molar-refractivity contribution in [1.29, 1.82) is 0 Å². The van der Waals surface area contributed by atoms with Crippen LogP contribution < -0.4 is 0 Å². The Morgan fingerprint density at radius 3 is 2.82 bits per heavy atom. The summed E-state index contributed by atoms with van der Waals surface area (Å²) < 4.78 is 5.61. The predicted octanol–water partition coefficient (Wildman–Crippen LogP) is 2.32. The SMILES string of the molecule is Cc1ccc(-c2cc(C(=O)N3CCC4(CC3)c3nc[nH]c3CCN4C)n[nH]2)o1. The standard InChI is InChI=1S/C20H24N6O2/c1-13-3-4-17(28-13)15-11-16(24-23-15)19(27)26-9-6-20(7-10-26)18-14(21-12-22-18)5-8-25(20)2/h3-4,11-12H,5-10H2,1-2H3,(H,21,22)(H,23,24). The number of rotatable bonds is 2. The summed E-state index contributed by atoms with van der Waals surface area (Å²) in [7, 11) is 2.17. The van der Waals surface area contributed by atoms with Gasteiger partial charge >= 0.3 is 0 Å². The fourth-order valence-corrected chi connectivity index (χ4v) is 4.58. The molecule has 28 heavy (non-hydrogen) atoms. The molecule has 0 aromatic carbocycles. The third kappa shape index (κ3) is 2.59. The molecule has 146 valence electrons. The molecular formula is C20H24N6O2. The molecule has 0 radical (unpaired) electrons. The number of amides is 1. The molecule has 0 saturated carbocycles. The van der Waals surface area contributed by atoms with Crippen molar-refractivity contribution in [2.45, 2.75) is 31.7 Å². The van der Waals surface area contributed by atoms with Crippen LogP contribution in [0.1, 0.15) is 40.5 Å². The Bertz CT molecular complexity index is 1010. The van der Waals surface area contributed by atoms with Gasteiger partial charge in [-0.3, -0.25) is 14.8 Å². The first-order chi connectivity index (χ1) is 13.6. The molecule has 1 amide bonds. The van der Waals surface area contributed by atoms with Crippen molar-refractivity contribution in [2.24, 2.45) is 0 Å². The Morgan fingerprint density at radius 2 is 2.07 bits per heavy atom. The fourth-order valence-electron chi connectivity index (χ4n) is 4.58. The van der Waals surface area contributed by atoms with E-state index in [0.29, 0.717) is 24.5 Å². The summed E-state index contributed by atoms with van der Waals surface area (Å²) in [5, 5.41) is 7.13. The van der Waals surface area contributed by atoms with Crippen molar-refractivity contribution in [1.82, 2.24) is 30.0 Å². The number of H-pyrrole nitrogens is 2. The largest absolute Gasteiger partial charge is 0.460 e. The second kappa shape index (κ2) is 6.34. The minimum Gasteiger partial charge on any atom is -0.460 e. The monoisotopic (exact) mass is 380 g/mol. The fraction of sp³-hybridized carbons (Fsp3) is 0.450. The highest BCUT2D eigenvalue weighted by atomic mass is 16.3. The number of nitrogens with one attached hydrogen (secondary N) is 2. The molecule has 8 heteroatoms. The third-order valence-corrected chi connectivity index (χ3v) is 6.27. The molecule has 0 atom stereocenters. The minimum absolute atomic E-state index is 0.0404. The number of aromatic amines is 2. The van der Waals surface area contributed by atoms with Gasteiger partial charge in [-0.25, -0.2) is 4.98 Å². The summed E-state index contributed by atoms with van der Waals surface area (Å²) in [5.41, 5.74) is 3.47. The van der Waals surface area contributed by atoms with E-state index < -0.39 is 0 Å². The number of carbonyl (C=O) groups is 1. The summed E-state index contributed by atoms with van der Waals surface area (Å²) in [5.74, 6) is 1.48. The minimum atomic E-state index is -0.0766. The molecule has 2 aliphatic heterocycles. The van der Waals surface area contributed by atoms with Gasteiger partial charge in [0, 0.05) is 37.8 Å². The number of hydrogen-bond donors (Lipinski definition) is 2. The summed E-state index contributed by atoms with van der Waals surface area (Å²) in [4.78, 5) is 25.2. The van der Waals surface area contributed by atoms with Crippen LogP contribution in [-0.2, 0) is 12.0 Å². The van der Waals surface area contributed by atoms with E-state index in [0.717, 1.165) is 43.0 Å². The number of aromatic nitrogens is 4. The molecule has 3 aromatic rings. The van der Waals surface area contributed by atoms with Crippen LogP contribution >= 0.6 is 0 Å². The summed E-state index contributed by atoms with van der Waals surface area (Å²) >= 11 is 0. The highest BCUT2D eigenvalue weighted by Gasteiger charge is 2.45. The van der Waals surface area contributed by atoms with Crippen LogP contribution in [0.25, 0.3) is 11.5 Å². The van der Waals surface area contributed by atoms with E-state index in [9.17, 15) is 4.79 Å². The number of imidazole rings is 1. The van der Waals surface area contributed by atoms with Gasteiger partial charge in [-0.2, -0.15) is 5.10 Å². The highest BCUT2D eigenvalue weighted by Crippen LogP contribution is 2.41. The van der Waals surface area contributed by atoms with E-state index in [2.05, 4.69) is 32.1 Å². The van der Waals surface area contributed by atoms with E-state index in [4.69, 9.17) is 4.42 Å². The number of fused-ring (bicyclic) bond motifs is 2. The highest BCUT2D eigenvalue weighted by molar-refractivity contribution is 5.93. The number of likely N-dealkylation sites (N-methyl/N-ethyl adjacent to an activating group) is 1.